The Hall–Kier alpha value is -2.31. The highest BCUT2D eigenvalue weighted by atomic mass is 19.4. The summed E-state index contributed by atoms with van der Waals surface area (Å²) in [6.07, 6.45) is -3.43. The van der Waals surface area contributed by atoms with Crippen molar-refractivity contribution in [2.45, 2.75) is 52.8 Å². The van der Waals surface area contributed by atoms with Crippen LogP contribution in [0.4, 0.5) is 13.2 Å². The Balaban J connectivity index is 2.32. The number of nitrogens with one attached hydrogen (secondary N) is 1. The lowest BCUT2D eigenvalue weighted by molar-refractivity contribution is -0.137. The van der Waals surface area contributed by atoms with Gasteiger partial charge in [0.1, 0.15) is 0 Å². The van der Waals surface area contributed by atoms with Gasteiger partial charge >= 0.3 is 6.18 Å². The summed E-state index contributed by atoms with van der Waals surface area (Å²) in [6.45, 7) is 7.41. The number of amides is 1. The molecule has 2 rings (SSSR count). The number of benzene rings is 1. The second-order valence-electron chi connectivity index (χ2n) is 6.16. The lowest BCUT2D eigenvalue weighted by Gasteiger charge is -2.12. The largest absolute Gasteiger partial charge is 0.416 e. The first-order valence-corrected chi connectivity index (χ1v) is 8.15. The highest BCUT2D eigenvalue weighted by Crippen LogP contribution is 2.30. The normalized spacial score (nSPS) is 12.9. The SMILES string of the molecule is CCC(C)NC(=O)Cc1c(C)nn(-c2cccc(C(F)(F)F)c2)c1C. The van der Waals surface area contributed by atoms with E-state index in [1.807, 2.05) is 13.8 Å². The number of alkyl halides is 3. The molecule has 2 aromatic rings. The van der Waals surface area contributed by atoms with Crippen LogP contribution < -0.4 is 5.32 Å². The maximum Gasteiger partial charge on any atom is 0.416 e. The fraction of sp³-hybridized carbons (Fsp3) is 0.444. The fourth-order valence-electron chi connectivity index (χ4n) is 2.58. The van der Waals surface area contributed by atoms with Crippen LogP contribution in [0.3, 0.4) is 0 Å². The van der Waals surface area contributed by atoms with Gasteiger partial charge in [-0.2, -0.15) is 18.3 Å². The second kappa shape index (κ2) is 7.29. The highest BCUT2D eigenvalue weighted by Gasteiger charge is 2.30. The van der Waals surface area contributed by atoms with E-state index < -0.39 is 11.7 Å². The van der Waals surface area contributed by atoms with Crippen LogP contribution in [-0.2, 0) is 17.4 Å². The minimum absolute atomic E-state index is 0.0756. The van der Waals surface area contributed by atoms with Crippen molar-refractivity contribution in [3.8, 4) is 5.69 Å². The molecular weight excluding hydrogens is 331 g/mol. The summed E-state index contributed by atoms with van der Waals surface area (Å²) in [7, 11) is 0. The van der Waals surface area contributed by atoms with Gasteiger partial charge in [-0.3, -0.25) is 4.79 Å². The number of carbonyl (C=O) groups excluding carboxylic acids is 1. The van der Waals surface area contributed by atoms with Crippen LogP contribution >= 0.6 is 0 Å². The quantitative estimate of drug-likeness (QED) is 0.884. The van der Waals surface area contributed by atoms with E-state index in [1.165, 1.54) is 10.7 Å². The number of halogens is 3. The van der Waals surface area contributed by atoms with E-state index in [2.05, 4.69) is 10.4 Å². The number of aryl methyl sites for hydroxylation is 1. The molecule has 0 bridgehead atoms. The van der Waals surface area contributed by atoms with Gasteiger partial charge < -0.3 is 5.32 Å². The number of rotatable bonds is 5. The van der Waals surface area contributed by atoms with Crippen molar-refractivity contribution in [1.82, 2.24) is 15.1 Å². The molecule has 0 saturated carbocycles. The minimum atomic E-state index is -4.41. The zero-order valence-corrected chi connectivity index (χ0v) is 14.7. The topological polar surface area (TPSA) is 46.9 Å². The van der Waals surface area contributed by atoms with E-state index in [9.17, 15) is 18.0 Å². The number of hydrogen-bond donors (Lipinski definition) is 1. The molecule has 25 heavy (non-hydrogen) atoms. The molecule has 7 heteroatoms. The van der Waals surface area contributed by atoms with E-state index in [0.717, 1.165) is 24.1 Å². The summed E-state index contributed by atoms with van der Waals surface area (Å²) in [5.41, 5.74) is 1.63. The number of carbonyl (C=O) groups is 1. The van der Waals surface area contributed by atoms with Crippen LogP contribution in [0.1, 0.15) is 42.8 Å². The van der Waals surface area contributed by atoms with E-state index in [-0.39, 0.29) is 18.4 Å². The van der Waals surface area contributed by atoms with Gasteiger partial charge in [0.2, 0.25) is 5.91 Å². The van der Waals surface area contributed by atoms with Gasteiger partial charge in [0.05, 0.1) is 23.4 Å². The molecule has 1 unspecified atom stereocenters. The molecular formula is C18H22F3N3O. The molecule has 0 aliphatic carbocycles. The number of nitrogens with zero attached hydrogens (tertiary/aromatic N) is 2. The third kappa shape index (κ3) is 4.41. The van der Waals surface area contributed by atoms with Gasteiger partial charge in [-0.25, -0.2) is 4.68 Å². The predicted molar refractivity (Wildman–Crippen MR) is 89.6 cm³/mol. The summed E-state index contributed by atoms with van der Waals surface area (Å²) in [5.74, 6) is -0.121. The summed E-state index contributed by atoms with van der Waals surface area (Å²) >= 11 is 0. The lowest BCUT2D eigenvalue weighted by atomic mass is 10.1. The molecule has 0 aliphatic rings. The smallest absolute Gasteiger partial charge is 0.353 e. The molecule has 1 aromatic heterocycles. The summed E-state index contributed by atoms with van der Waals surface area (Å²) < 4.78 is 40.2. The first kappa shape index (κ1) is 19.0. The van der Waals surface area contributed by atoms with Crippen molar-refractivity contribution in [3.05, 3.63) is 46.8 Å². The molecule has 1 aromatic carbocycles. The van der Waals surface area contributed by atoms with Crippen molar-refractivity contribution in [2.24, 2.45) is 0 Å². The predicted octanol–water partition coefficient (Wildman–Crippen LogP) is 3.97. The molecule has 0 aliphatic heterocycles. The van der Waals surface area contributed by atoms with Crippen molar-refractivity contribution in [3.63, 3.8) is 0 Å². The zero-order chi connectivity index (χ0) is 18.8. The standard InChI is InChI=1S/C18H22F3N3O/c1-5-11(2)22-17(25)10-16-12(3)23-24(13(16)4)15-8-6-7-14(9-15)18(19,20)21/h6-9,11H,5,10H2,1-4H3,(H,22,25). The monoisotopic (exact) mass is 353 g/mol. The van der Waals surface area contributed by atoms with Crippen molar-refractivity contribution in [1.29, 1.82) is 0 Å². The molecule has 0 saturated heterocycles. The van der Waals surface area contributed by atoms with Crippen LogP contribution in [0.2, 0.25) is 0 Å². The van der Waals surface area contributed by atoms with Gasteiger partial charge in [0, 0.05) is 17.3 Å². The Labute approximate surface area is 145 Å². The van der Waals surface area contributed by atoms with Crippen molar-refractivity contribution in [2.75, 3.05) is 0 Å². The van der Waals surface area contributed by atoms with Crippen molar-refractivity contribution < 1.29 is 18.0 Å². The van der Waals surface area contributed by atoms with Gasteiger partial charge in [0.15, 0.2) is 0 Å². The molecule has 1 amide bonds. The van der Waals surface area contributed by atoms with E-state index >= 15 is 0 Å². The van der Waals surface area contributed by atoms with E-state index in [1.54, 1.807) is 19.9 Å². The molecule has 0 radical (unpaired) electrons. The molecule has 1 atom stereocenters. The van der Waals surface area contributed by atoms with Crippen LogP contribution in [0.25, 0.3) is 5.69 Å². The molecule has 0 spiro atoms. The van der Waals surface area contributed by atoms with Gasteiger partial charge in [-0.1, -0.05) is 13.0 Å². The zero-order valence-electron chi connectivity index (χ0n) is 14.7. The summed E-state index contributed by atoms with van der Waals surface area (Å²) in [6, 6.07) is 5.08. The first-order chi connectivity index (χ1) is 11.6. The number of aromatic nitrogens is 2. The van der Waals surface area contributed by atoms with E-state index in [0.29, 0.717) is 17.1 Å². The first-order valence-electron chi connectivity index (χ1n) is 8.15. The van der Waals surface area contributed by atoms with Crippen LogP contribution in [-0.4, -0.2) is 21.7 Å². The Morgan fingerprint density at radius 3 is 2.60 bits per heavy atom. The Bertz CT molecular complexity index is 765. The van der Waals surface area contributed by atoms with Crippen LogP contribution in [0.15, 0.2) is 24.3 Å². The Kier molecular flexibility index (Phi) is 5.55. The fourth-order valence-corrected chi connectivity index (χ4v) is 2.58. The lowest BCUT2D eigenvalue weighted by Crippen LogP contribution is -2.33. The Morgan fingerprint density at radius 1 is 1.32 bits per heavy atom. The summed E-state index contributed by atoms with van der Waals surface area (Å²) in [4.78, 5) is 12.1. The second-order valence-corrected chi connectivity index (χ2v) is 6.16. The average Bonchev–Trinajstić information content (AvgIpc) is 2.82. The minimum Gasteiger partial charge on any atom is -0.353 e. The average molecular weight is 353 g/mol. The van der Waals surface area contributed by atoms with E-state index in [4.69, 9.17) is 0 Å². The van der Waals surface area contributed by atoms with Gasteiger partial charge in [-0.05, 0) is 45.4 Å². The third-order valence-electron chi connectivity index (χ3n) is 4.22. The molecule has 0 fully saturated rings. The van der Waals surface area contributed by atoms with Gasteiger partial charge in [0.25, 0.3) is 0 Å². The molecule has 4 nitrogen and oxygen atoms in total. The maximum absolute atomic E-state index is 12.9. The molecule has 136 valence electrons. The molecule has 1 heterocycles. The van der Waals surface area contributed by atoms with Crippen LogP contribution in [0.5, 0.6) is 0 Å². The van der Waals surface area contributed by atoms with Crippen molar-refractivity contribution >= 4 is 5.91 Å². The van der Waals surface area contributed by atoms with Crippen LogP contribution in [0, 0.1) is 13.8 Å². The highest BCUT2D eigenvalue weighted by molar-refractivity contribution is 5.79. The molecule has 1 N–H and O–H groups in total. The third-order valence-corrected chi connectivity index (χ3v) is 4.22. The maximum atomic E-state index is 12.9. The Morgan fingerprint density at radius 2 is 2.00 bits per heavy atom. The number of hydrogen-bond acceptors (Lipinski definition) is 2. The van der Waals surface area contributed by atoms with Gasteiger partial charge in [-0.15, -0.1) is 0 Å². The summed E-state index contributed by atoms with van der Waals surface area (Å²) in [5, 5.41) is 7.21.